The summed E-state index contributed by atoms with van der Waals surface area (Å²) in [7, 11) is 0. The van der Waals surface area contributed by atoms with E-state index in [1.165, 1.54) is 38.5 Å². The van der Waals surface area contributed by atoms with Crippen LogP contribution in [0.3, 0.4) is 0 Å². The first-order valence-electron chi connectivity index (χ1n) is 8.94. The molecule has 2 atom stereocenters. The molecule has 4 nitrogen and oxygen atoms in total. The first-order chi connectivity index (χ1) is 11.2. The molecule has 6 heteroatoms. The van der Waals surface area contributed by atoms with Crippen LogP contribution in [0.5, 0.6) is 0 Å². The number of thioether (sulfide) groups is 2. The third kappa shape index (κ3) is 17.2. The van der Waals surface area contributed by atoms with E-state index in [9.17, 15) is 5.11 Å². The van der Waals surface area contributed by atoms with E-state index in [1.54, 1.807) is 11.8 Å². The van der Waals surface area contributed by atoms with Crippen molar-refractivity contribution in [2.24, 2.45) is 0 Å². The summed E-state index contributed by atoms with van der Waals surface area (Å²) >= 11 is 3.54. The van der Waals surface area contributed by atoms with Crippen LogP contribution in [0, 0.1) is 0 Å². The normalized spacial score (nSPS) is 14.1. The molecule has 0 bridgehead atoms. The van der Waals surface area contributed by atoms with E-state index in [0.29, 0.717) is 17.4 Å². The zero-order chi connectivity index (χ0) is 17.2. The summed E-state index contributed by atoms with van der Waals surface area (Å²) in [5.74, 6) is 2.73. The number of aliphatic hydroxyl groups excluding tert-OH is 4. The maximum Gasteiger partial charge on any atom is 0.0781 e. The Kier molecular flexibility index (Phi) is 19.3. The molecule has 0 radical (unpaired) electrons. The Morgan fingerprint density at radius 2 is 1.30 bits per heavy atom. The zero-order valence-electron chi connectivity index (χ0n) is 14.4. The molecule has 2 unspecified atom stereocenters. The minimum Gasteiger partial charge on any atom is -0.396 e. The summed E-state index contributed by atoms with van der Waals surface area (Å²) in [5.41, 5.74) is 0. The molecule has 23 heavy (non-hydrogen) atoms. The lowest BCUT2D eigenvalue weighted by molar-refractivity contribution is 0.0873. The Labute approximate surface area is 150 Å². The molecule has 0 saturated carbocycles. The summed E-state index contributed by atoms with van der Waals surface area (Å²) in [6.45, 7) is 0.289. The van der Waals surface area contributed by atoms with Gasteiger partial charge in [-0.3, -0.25) is 0 Å². The van der Waals surface area contributed by atoms with E-state index < -0.39 is 6.10 Å². The van der Waals surface area contributed by atoms with Crippen LogP contribution in [0.4, 0.5) is 0 Å². The van der Waals surface area contributed by atoms with Gasteiger partial charge in [-0.2, -0.15) is 23.5 Å². The monoisotopic (exact) mass is 368 g/mol. The van der Waals surface area contributed by atoms with Gasteiger partial charge in [0.25, 0.3) is 0 Å². The second-order valence-corrected chi connectivity index (χ2v) is 8.52. The maximum absolute atomic E-state index is 9.56. The van der Waals surface area contributed by atoms with E-state index in [-0.39, 0.29) is 19.8 Å². The largest absolute Gasteiger partial charge is 0.396 e. The van der Waals surface area contributed by atoms with E-state index in [1.807, 2.05) is 11.8 Å². The van der Waals surface area contributed by atoms with Crippen LogP contribution in [0.2, 0.25) is 0 Å². The van der Waals surface area contributed by atoms with Gasteiger partial charge in [0.05, 0.1) is 25.9 Å². The van der Waals surface area contributed by atoms with Crippen LogP contribution in [0.25, 0.3) is 0 Å². The quantitative estimate of drug-likeness (QED) is 0.279. The fourth-order valence-electron chi connectivity index (χ4n) is 2.49. The molecular formula is C17H36O4S2. The predicted molar refractivity (Wildman–Crippen MR) is 102 cm³/mol. The van der Waals surface area contributed by atoms with Crippen molar-refractivity contribution in [1.29, 1.82) is 0 Å². The number of aliphatic hydroxyl groups is 4. The summed E-state index contributed by atoms with van der Waals surface area (Å²) in [6, 6.07) is 0. The molecule has 0 rings (SSSR count). The molecule has 0 saturated heterocycles. The third-order valence-corrected chi connectivity index (χ3v) is 6.11. The number of hydrogen-bond donors (Lipinski definition) is 4. The van der Waals surface area contributed by atoms with Crippen molar-refractivity contribution in [3.05, 3.63) is 0 Å². The van der Waals surface area contributed by atoms with Gasteiger partial charge in [-0.1, -0.05) is 38.5 Å². The van der Waals surface area contributed by atoms with Gasteiger partial charge in [0.2, 0.25) is 0 Å². The molecular weight excluding hydrogens is 332 g/mol. The van der Waals surface area contributed by atoms with Crippen LogP contribution in [-0.4, -0.2) is 68.9 Å². The lowest BCUT2D eigenvalue weighted by atomic mass is 10.0. The van der Waals surface area contributed by atoms with Gasteiger partial charge in [-0.15, -0.1) is 0 Å². The van der Waals surface area contributed by atoms with Crippen molar-refractivity contribution < 1.29 is 20.4 Å². The second kappa shape index (κ2) is 18.9. The highest BCUT2D eigenvalue weighted by Crippen LogP contribution is 2.23. The molecule has 0 aliphatic carbocycles. The summed E-state index contributed by atoms with van der Waals surface area (Å²) in [6.07, 6.45) is 9.83. The lowest BCUT2D eigenvalue weighted by Gasteiger charge is -2.18. The Morgan fingerprint density at radius 3 is 1.91 bits per heavy atom. The molecule has 4 N–H and O–H groups in total. The molecule has 0 aromatic rings. The molecule has 0 spiro atoms. The highest BCUT2D eigenvalue weighted by Gasteiger charge is 2.14. The maximum atomic E-state index is 9.56. The molecule has 0 aromatic heterocycles. The number of rotatable bonds is 18. The van der Waals surface area contributed by atoms with Crippen molar-refractivity contribution in [3.63, 3.8) is 0 Å². The molecule has 0 fully saturated rings. The first-order valence-corrected chi connectivity index (χ1v) is 11.1. The van der Waals surface area contributed by atoms with Crippen LogP contribution in [0.1, 0.15) is 57.8 Å². The van der Waals surface area contributed by atoms with E-state index in [4.69, 9.17) is 15.3 Å². The van der Waals surface area contributed by atoms with E-state index in [0.717, 1.165) is 24.3 Å². The van der Waals surface area contributed by atoms with Gasteiger partial charge in [-0.05, 0) is 25.0 Å². The molecule has 140 valence electrons. The van der Waals surface area contributed by atoms with Gasteiger partial charge in [0, 0.05) is 16.8 Å². The number of hydrogen-bond acceptors (Lipinski definition) is 6. The average Bonchev–Trinajstić information content (AvgIpc) is 2.57. The fourth-order valence-corrected chi connectivity index (χ4v) is 4.37. The molecule has 0 aliphatic rings. The lowest BCUT2D eigenvalue weighted by Crippen LogP contribution is -2.19. The molecule has 0 aliphatic heterocycles. The smallest absolute Gasteiger partial charge is 0.0781 e. The van der Waals surface area contributed by atoms with Crippen molar-refractivity contribution in [3.8, 4) is 0 Å². The minimum atomic E-state index is -0.630. The standard InChI is InChI=1S/C17H36O4S2/c18-9-12-22-11-7-5-3-1-2-4-6-8-17(23-13-10-19)14-16(21)15-20/h16-21H,1-15H2. The van der Waals surface area contributed by atoms with Crippen LogP contribution < -0.4 is 0 Å². The fraction of sp³-hybridized carbons (Fsp3) is 1.00. The predicted octanol–water partition coefficient (Wildman–Crippen LogP) is 2.67. The highest BCUT2D eigenvalue weighted by molar-refractivity contribution is 7.99. The Bertz CT molecular complexity index is 233. The summed E-state index contributed by atoms with van der Waals surface area (Å²) < 4.78 is 0. The topological polar surface area (TPSA) is 80.9 Å². The molecule has 0 heterocycles. The average molecular weight is 369 g/mol. The van der Waals surface area contributed by atoms with Gasteiger partial charge in [-0.25, -0.2) is 0 Å². The van der Waals surface area contributed by atoms with Gasteiger partial charge in [0.15, 0.2) is 0 Å². The van der Waals surface area contributed by atoms with Crippen molar-refractivity contribution in [1.82, 2.24) is 0 Å². The Balaban J connectivity index is 3.46. The first kappa shape index (κ1) is 23.5. The third-order valence-electron chi connectivity index (χ3n) is 3.74. The minimum absolute atomic E-state index is 0.174. The van der Waals surface area contributed by atoms with Crippen LogP contribution >= 0.6 is 23.5 Å². The second-order valence-electron chi connectivity index (χ2n) is 5.89. The van der Waals surface area contributed by atoms with Crippen molar-refractivity contribution in [2.75, 3.05) is 37.1 Å². The van der Waals surface area contributed by atoms with Crippen molar-refractivity contribution >= 4 is 23.5 Å². The van der Waals surface area contributed by atoms with Gasteiger partial charge >= 0.3 is 0 Å². The summed E-state index contributed by atoms with van der Waals surface area (Å²) in [5, 5.41) is 36.4. The SMILES string of the molecule is OCCSCCCCCCCCCC(CC(O)CO)SCCO. The highest BCUT2D eigenvalue weighted by atomic mass is 32.2. The number of unbranched alkanes of at least 4 members (excludes halogenated alkanes) is 6. The van der Waals surface area contributed by atoms with E-state index in [2.05, 4.69) is 0 Å². The zero-order valence-corrected chi connectivity index (χ0v) is 16.0. The summed E-state index contributed by atoms with van der Waals surface area (Å²) in [4.78, 5) is 0. The van der Waals surface area contributed by atoms with Gasteiger partial charge < -0.3 is 20.4 Å². The van der Waals surface area contributed by atoms with Gasteiger partial charge in [0.1, 0.15) is 0 Å². The molecule has 0 amide bonds. The van der Waals surface area contributed by atoms with Crippen molar-refractivity contribution in [2.45, 2.75) is 69.1 Å². The van der Waals surface area contributed by atoms with Crippen LogP contribution in [-0.2, 0) is 0 Å². The van der Waals surface area contributed by atoms with Crippen LogP contribution in [0.15, 0.2) is 0 Å². The Morgan fingerprint density at radius 1 is 0.696 bits per heavy atom. The van der Waals surface area contributed by atoms with E-state index >= 15 is 0 Å². The molecule has 0 aromatic carbocycles. The Hall–Kier alpha value is 0.540.